The van der Waals surface area contributed by atoms with Gasteiger partial charge < -0.3 is 15.2 Å². The van der Waals surface area contributed by atoms with Crippen LogP contribution in [0.1, 0.15) is 18.7 Å². The van der Waals surface area contributed by atoms with Crippen LogP contribution in [0.25, 0.3) is 11.4 Å². The Kier molecular flexibility index (Phi) is 4.93. The highest BCUT2D eigenvalue weighted by Gasteiger charge is 2.25. The van der Waals surface area contributed by atoms with E-state index >= 15 is 0 Å². The summed E-state index contributed by atoms with van der Waals surface area (Å²) in [5.74, 6) is 1.53. The first-order chi connectivity index (χ1) is 11.2. The van der Waals surface area contributed by atoms with Crippen LogP contribution in [0.5, 0.6) is 0 Å². The first-order valence-electron chi connectivity index (χ1n) is 7.72. The van der Waals surface area contributed by atoms with Crippen molar-refractivity contribution < 1.29 is 9.32 Å². The number of halogens is 1. The predicted octanol–water partition coefficient (Wildman–Crippen LogP) is 2.13. The number of aromatic nitrogens is 2. The van der Waals surface area contributed by atoms with Crippen LogP contribution in [0.15, 0.2) is 28.8 Å². The number of hydrogen-bond acceptors (Lipinski definition) is 5. The second-order valence-electron chi connectivity index (χ2n) is 5.75. The van der Waals surface area contributed by atoms with Crippen LogP contribution in [-0.2, 0) is 11.2 Å². The molecule has 122 valence electrons. The summed E-state index contributed by atoms with van der Waals surface area (Å²) in [4.78, 5) is 18.4. The van der Waals surface area contributed by atoms with Gasteiger partial charge in [-0.15, -0.1) is 0 Å². The Bertz CT molecular complexity index is 671. The van der Waals surface area contributed by atoms with Crippen LogP contribution >= 0.6 is 11.6 Å². The Morgan fingerprint density at radius 3 is 2.87 bits per heavy atom. The van der Waals surface area contributed by atoms with E-state index in [2.05, 4.69) is 10.1 Å². The summed E-state index contributed by atoms with van der Waals surface area (Å²) < 4.78 is 5.22. The van der Waals surface area contributed by atoms with Gasteiger partial charge in [-0.1, -0.05) is 16.8 Å². The fourth-order valence-electron chi connectivity index (χ4n) is 2.70. The minimum Gasteiger partial charge on any atom is -0.342 e. The molecule has 1 aliphatic rings. The van der Waals surface area contributed by atoms with E-state index in [1.807, 2.05) is 17.0 Å². The summed E-state index contributed by atoms with van der Waals surface area (Å²) in [5.41, 5.74) is 6.48. The van der Waals surface area contributed by atoms with Gasteiger partial charge in [-0.3, -0.25) is 4.79 Å². The molecule has 0 bridgehead atoms. The number of likely N-dealkylation sites (tertiary alicyclic amines) is 1. The molecule has 0 spiro atoms. The molecule has 0 saturated carbocycles. The smallest absolute Gasteiger partial charge is 0.227 e. The standard InChI is InChI=1S/C16H19ClN4O2/c17-13-3-1-12(2-4-13)16-19-14(23-20-16)5-6-15(22)21-8-7-11(9-18)10-21/h1-4,11H,5-10,18H2. The molecular weight excluding hydrogens is 316 g/mol. The molecule has 1 saturated heterocycles. The van der Waals surface area contributed by atoms with Gasteiger partial charge in [-0.2, -0.15) is 4.98 Å². The minimum atomic E-state index is 0.118. The number of carbonyl (C=O) groups is 1. The normalized spacial score (nSPS) is 17.7. The number of amides is 1. The number of carbonyl (C=O) groups excluding carboxylic acids is 1. The molecule has 1 unspecified atom stereocenters. The number of hydrogen-bond donors (Lipinski definition) is 1. The molecule has 1 atom stereocenters. The number of aryl methyl sites for hydroxylation is 1. The largest absolute Gasteiger partial charge is 0.342 e. The lowest BCUT2D eigenvalue weighted by atomic mass is 10.1. The number of benzene rings is 1. The Hall–Kier alpha value is -1.92. The summed E-state index contributed by atoms with van der Waals surface area (Å²) in [6.07, 6.45) is 1.81. The third-order valence-electron chi connectivity index (χ3n) is 4.10. The fourth-order valence-corrected chi connectivity index (χ4v) is 2.82. The van der Waals surface area contributed by atoms with Gasteiger partial charge in [-0.05, 0) is 43.1 Å². The van der Waals surface area contributed by atoms with E-state index in [0.717, 1.165) is 25.1 Å². The third kappa shape index (κ3) is 3.89. The van der Waals surface area contributed by atoms with Gasteiger partial charge in [0, 0.05) is 36.5 Å². The predicted molar refractivity (Wildman–Crippen MR) is 86.8 cm³/mol. The summed E-state index contributed by atoms with van der Waals surface area (Å²) >= 11 is 5.86. The molecule has 1 aliphatic heterocycles. The second kappa shape index (κ2) is 7.10. The lowest BCUT2D eigenvalue weighted by Crippen LogP contribution is -2.30. The molecule has 3 rings (SSSR count). The molecule has 2 N–H and O–H groups in total. The molecule has 2 heterocycles. The molecule has 0 radical (unpaired) electrons. The zero-order chi connectivity index (χ0) is 16.2. The molecule has 6 nitrogen and oxygen atoms in total. The maximum Gasteiger partial charge on any atom is 0.227 e. The summed E-state index contributed by atoms with van der Waals surface area (Å²) in [6.45, 7) is 2.19. The van der Waals surface area contributed by atoms with E-state index in [-0.39, 0.29) is 5.91 Å². The van der Waals surface area contributed by atoms with Crippen molar-refractivity contribution in [3.05, 3.63) is 35.2 Å². The Morgan fingerprint density at radius 2 is 2.17 bits per heavy atom. The van der Waals surface area contributed by atoms with Crippen molar-refractivity contribution in [3.63, 3.8) is 0 Å². The quantitative estimate of drug-likeness (QED) is 0.905. The van der Waals surface area contributed by atoms with Crippen LogP contribution < -0.4 is 5.73 Å². The molecular formula is C16H19ClN4O2. The van der Waals surface area contributed by atoms with Gasteiger partial charge in [0.05, 0.1) is 0 Å². The molecule has 7 heteroatoms. The van der Waals surface area contributed by atoms with E-state index in [9.17, 15) is 4.79 Å². The van der Waals surface area contributed by atoms with Crippen LogP contribution in [0.4, 0.5) is 0 Å². The lowest BCUT2D eigenvalue weighted by Gasteiger charge is -2.15. The number of nitrogens with zero attached hydrogens (tertiary/aromatic N) is 3. The van der Waals surface area contributed by atoms with Gasteiger partial charge in [0.25, 0.3) is 0 Å². The van der Waals surface area contributed by atoms with Gasteiger partial charge in [0.2, 0.25) is 17.6 Å². The summed E-state index contributed by atoms with van der Waals surface area (Å²) in [6, 6.07) is 7.22. The zero-order valence-corrected chi connectivity index (χ0v) is 13.5. The fraction of sp³-hybridized carbons (Fsp3) is 0.438. The van der Waals surface area contributed by atoms with Crippen LogP contribution in [-0.4, -0.2) is 40.6 Å². The van der Waals surface area contributed by atoms with Gasteiger partial charge in [0.15, 0.2) is 0 Å². The summed E-state index contributed by atoms with van der Waals surface area (Å²) in [7, 11) is 0. The van der Waals surface area contributed by atoms with Gasteiger partial charge >= 0.3 is 0 Å². The molecule has 23 heavy (non-hydrogen) atoms. The minimum absolute atomic E-state index is 0.118. The van der Waals surface area contributed by atoms with Crippen LogP contribution in [0, 0.1) is 5.92 Å². The van der Waals surface area contributed by atoms with E-state index < -0.39 is 0 Å². The molecule has 2 aromatic rings. The number of rotatable bonds is 5. The second-order valence-corrected chi connectivity index (χ2v) is 6.19. The van der Waals surface area contributed by atoms with Crippen molar-refractivity contribution in [3.8, 4) is 11.4 Å². The SMILES string of the molecule is NCC1CCN(C(=O)CCc2nc(-c3ccc(Cl)cc3)no2)C1. The average molecular weight is 335 g/mol. The Labute approximate surface area is 139 Å². The molecule has 1 fully saturated rings. The van der Waals surface area contributed by atoms with Crippen molar-refractivity contribution in [2.75, 3.05) is 19.6 Å². The highest BCUT2D eigenvalue weighted by Crippen LogP contribution is 2.20. The van der Waals surface area contributed by atoms with Crippen LogP contribution in [0.3, 0.4) is 0 Å². The van der Waals surface area contributed by atoms with E-state index in [0.29, 0.717) is 42.0 Å². The first-order valence-corrected chi connectivity index (χ1v) is 8.10. The average Bonchev–Trinajstić information content (AvgIpc) is 3.22. The van der Waals surface area contributed by atoms with E-state index in [1.165, 1.54) is 0 Å². The van der Waals surface area contributed by atoms with Crippen LogP contribution in [0.2, 0.25) is 5.02 Å². The molecule has 1 aromatic heterocycles. The Balaban J connectivity index is 1.55. The zero-order valence-electron chi connectivity index (χ0n) is 12.7. The lowest BCUT2D eigenvalue weighted by molar-refractivity contribution is -0.130. The van der Waals surface area contributed by atoms with Crippen molar-refractivity contribution >= 4 is 17.5 Å². The first kappa shape index (κ1) is 16.0. The monoisotopic (exact) mass is 334 g/mol. The highest BCUT2D eigenvalue weighted by atomic mass is 35.5. The van der Waals surface area contributed by atoms with Gasteiger partial charge in [0.1, 0.15) is 0 Å². The summed E-state index contributed by atoms with van der Waals surface area (Å²) in [5, 5.41) is 4.60. The van der Waals surface area contributed by atoms with Crippen molar-refractivity contribution in [1.82, 2.24) is 15.0 Å². The van der Waals surface area contributed by atoms with Gasteiger partial charge in [-0.25, -0.2) is 0 Å². The Morgan fingerprint density at radius 1 is 1.39 bits per heavy atom. The molecule has 1 amide bonds. The van der Waals surface area contributed by atoms with E-state index in [4.69, 9.17) is 21.9 Å². The maximum absolute atomic E-state index is 12.2. The highest BCUT2D eigenvalue weighted by molar-refractivity contribution is 6.30. The van der Waals surface area contributed by atoms with Crippen molar-refractivity contribution in [2.24, 2.45) is 11.7 Å². The molecule has 0 aliphatic carbocycles. The van der Waals surface area contributed by atoms with Crippen molar-refractivity contribution in [2.45, 2.75) is 19.3 Å². The third-order valence-corrected chi connectivity index (χ3v) is 4.35. The van der Waals surface area contributed by atoms with Crippen molar-refractivity contribution in [1.29, 1.82) is 0 Å². The topological polar surface area (TPSA) is 85.2 Å². The van der Waals surface area contributed by atoms with E-state index in [1.54, 1.807) is 12.1 Å². The number of nitrogens with two attached hydrogens (primary N) is 1. The maximum atomic E-state index is 12.2. The molecule has 1 aromatic carbocycles.